The van der Waals surface area contributed by atoms with Gasteiger partial charge < -0.3 is 16.0 Å². The Labute approximate surface area is 119 Å². The number of nitrogens with one attached hydrogen (secondary N) is 3. The summed E-state index contributed by atoms with van der Waals surface area (Å²) in [5.41, 5.74) is 0.939. The molecule has 6 nitrogen and oxygen atoms in total. The molecule has 0 saturated heterocycles. The first-order valence-corrected chi connectivity index (χ1v) is 7.10. The first kappa shape index (κ1) is 14.6. The molecule has 0 bridgehead atoms. The molecule has 110 valence electrons. The van der Waals surface area contributed by atoms with Crippen LogP contribution in [-0.4, -0.2) is 35.5 Å². The van der Waals surface area contributed by atoms with Crippen molar-refractivity contribution in [1.82, 2.24) is 15.3 Å². The van der Waals surface area contributed by atoms with Crippen LogP contribution in [0, 0.1) is 6.92 Å². The van der Waals surface area contributed by atoms with E-state index in [0.717, 1.165) is 35.9 Å². The highest BCUT2D eigenvalue weighted by Crippen LogP contribution is 2.39. The maximum Gasteiger partial charge on any atom is 0.239 e. The minimum atomic E-state index is -0.0306. The molecule has 1 heterocycles. The zero-order valence-corrected chi connectivity index (χ0v) is 12.6. The zero-order chi connectivity index (χ0) is 14.7. The van der Waals surface area contributed by atoms with E-state index < -0.39 is 0 Å². The van der Waals surface area contributed by atoms with Crippen LogP contribution in [0.3, 0.4) is 0 Å². The van der Waals surface area contributed by atoms with Crippen LogP contribution >= 0.6 is 0 Å². The van der Waals surface area contributed by atoms with Crippen molar-refractivity contribution in [2.24, 2.45) is 0 Å². The Balaban J connectivity index is 2.09. The van der Waals surface area contributed by atoms with Crippen LogP contribution in [0.5, 0.6) is 0 Å². The summed E-state index contributed by atoms with van der Waals surface area (Å²) in [5.74, 6) is 2.88. The van der Waals surface area contributed by atoms with Crippen molar-refractivity contribution in [3.05, 3.63) is 11.4 Å². The second-order valence-electron chi connectivity index (χ2n) is 5.50. The fourth-order valence-electron chi connectivity index (χ4n) is 2.01. The van der Waals surface area contributed by atoms with Gasteiger partial charge in [-0.25, -0.2) is 9.97 Å². The maximum absolute atomic E-state index is 11.7. The number of amides is 1. The summed E-state index contributed by atoms with van der Waals surface area (Å²) < 4.78 is 0. The van der Waals surface area contributed by atoms with E-state index in [1.807, 2.05) is 27.8 Å². The third-order valence-electron chi connectivity index (χ3n) is 3.21. The Morgan fingerprint density at radius 3 is 2.50 bits per heavy atom. The average Bonchev–Trinajstić information content (AvgIpc) is 3.21. The van der Waals surface area contributed by atoms with Crippen LogP contribution in [0.25, 0.3) is 0 Å². The highest BCUT2D eigenvalue weighted by Gasteiger charge is 2.28. The molecular weight excluding hydrogens is 254 g/mol. The zero-order valence-electron chi connectivity index (χ0n) is 12.6. The standard InChI is InChI=1S/C14H23N5O/c1-8(2)17-11(20)7-16-13-9(3)12(15-4)18-14(19-13)10-5-6-10/h8,10H,5-7H2,1-4H3,(H,17,20)(H2,15,16,18,19). The molecule has 0 spiro atoms. The molecule has 1 aliphatic rings. The molecule has 1 amide bonds. The molecule has 0 unspecified atom stereocenters. The molecule has 1 aliphatic carbocycles. The van der Waals surface area contributed by atoms with Crippen LogP contribution < -0.4 is 16.0 Å². The lowest BCUT2D eigenvalue weighted by Gasteiger charge is -2.14. The van der Waals surface area contributed by atoms with Gasteiger partial charge in [0, 0.05) is 24.6 Å². The van der Waals surface area contributed by atoms with E-state index in [4.69, 9.17) is 0 Å². The minimum Gasteiger partial charge on any atom is -0.373 e. The molecule has 0 atom stereocenters. The van der Waals surface area contributed by atoms with Gasteiger partial charge in [0.25, 0.3) is 0 Å². The van der Waals surface area contributed by atoms with Crippen LogP contribution in [0.15, 0.2) is 0 Å². The summed E-state index contributed by atoms with van der Waals surface area (Å²) >= 11 is 0. The maximum atomic E-state index is 11.7. The van der Waals surface area contributed by atoms with Crippen LogP contribution in [0.1, 0.15) is 44.0 Å². The van der Waals surface area contributed by atoms with Gasteiger partial charge in [-0.05, 0) is 33.6 Å². The lowest BCUT2D eigenvalue weighted by Crippen LogP contribution is -2.35. The quantitative estimate of drug-likeness (QED) is 0.736. The molecule has 1 aromatic rings. The van der Waals surface area contributed by atoms with E-state index in [-0.39, 0.29) is 18.5 Å². The first-order valence-electron chi connectivity index (χ1n) is 7.10. The molecule has 1 fully saturated rings. The monoisotopic (exact) mass is 277 g/mol. The van der Waals surface area contributed by atoms with Gasteiger partial charge in [-0.2, -0.15) is 0 Å². The van der Waals surface area contributed by atoms with Gasteiger partial charge in [0.15, 0.2) is 0 Å². The van der Waals surface area contributed by atoms with Crippen molar-refractivity contribution in [3.63, 3.8) is 0 Å². The third-order valence-corrected chi connectivity index (χ3v) is 3.21. The van der Waals surface area contributed by atoms with E-state index in [1.54, 1.807) is 0 Å². The molecule has 1 saturated carbocycles. The summed E-state index contributed by atoms with van der Waals surface area (Å²) in [7, 11) is 1.85. The van der Waals surface area contributed by atoms with Gasteiger partial charge in [0.1, 0.15) is 17.5 Å². The molecule has 0 aliphatic heterocycles. The average molecular weight is 277 g/mol. The van der Waals surface area contributed by atoms with E-state index in [9.17, 15) is 4.79 Å². The van der Waals surface area contributed by atoms with Crippen LogP contribution in [0.4, 0.5) is 11.6 Å². The van der Waals surface area contributed by atoms with Gasteiger partial charge >= 0.3 is 0 Å². The Morgan fingerprint density at radius 1 is 1.30 bits per heavy atom. The van der Waals surface area contributed by atoms with Crippen molar-refractivity contribution in [2.75, 3.05) is 24.2 Å². The highest BCUT2D eigenvalue weighted by molar-refractivity contribution is 5.81. The largest absolute Gasteiger partial charge is 0.373 e. The number of anilines is 2. The van der Waals surface area contributed by atoms with Crippen LogP contribution in [0.2, 0.25) is 0 Å². The van der Waals surface area contributed by atoms with Crippen molar-refractivity contribution in [2.45, 2.75) is 45.6 Å². The van der Waals surface area contributed by atoms with Crippen molar-refractivity contribution >= 4 is 17.5 Å². The predicted octanol–water partition coefficient (Wildman–Crippen LogP) is 1.64. The summed E-state index contributed by atoms with van der Waals surface area (Å²) in [5, 5.41) is 9.05. The number of hydrogen-bond acceptors (Lipinski definition) is 5. The summed E-state index contributed by atoms with van der Waals surface area (Å²) in [4.78, 5) is 20.8. The number of aromatic nitrogens is 2. The van der Waals surface area contributed by atoms with Crippen molar-refractivity contribution < 1.29 is 4.79 Å². The molecule has 2 rings (SSSR count). The normalized spacial score (nSPS) is 14.2. The predicted molar refractivity (Wildman–Crippen MR) is 80.1 cm³/mol. The molecule has 0 radical (unpaired) electrons. The molecule has 20 heavy (non-hydrogen) atoms. The van der Waals surface area contributed by atoms with E-state index >= 15 is 0 Å². The molecule has 3 N–H and O–H groups in total. The first-order chi connectivity index (χ1) is 9.51. The fourth-order valence-corrected chi connectivity index (χ4v) is 2.01. The van der Waals surface area contributed by atoms with Crippen molar-refractivity contribution in [1.29, 1.82) is 0 Å². The summed E-state index contributed by atoms with van der Waals surface area (Å²) in [6, 6.07) is 0.144. The van der Waals surface area contributed by atoms with E-state index in [0.29, 0.717) is 5.92 Å². The summed E-state index contributed by atoms with van der Waals surface area (Å²) in [6.45, 7) is 6.06. The van der Waals surface area contributed by atoms with Gasteiger partial charge in [-0.3, -0.25) is 4.79 Å². The lowest BCUT2D eigenvalue weighted by atomic mass is 10.2. The minimum absolute atomic E-state index is 0.0306. The lowest BCUT2D eigenvalue weighted by molar-refractivity contribution is -0.119. The SMILES string of the molecule is CNc1nc(C2CC2)nc(NCC(=O)NC(C)C)c1C. The number of carbonyl (C=O) groups is 1. The molecule has 1 aromatic heterocycles. The molecule has 0 aromatic carbocycles. The highest BCUT2D eigenvalue weighted by atomic mass is 16.1. The Kier molecular flexibility index (Phi) is 4.42. The topological polar surface area (TPSA) is 78.9 Å². The van der Waals surface area contributed by atoms with Gasteiger partial charge in [-0.15, -0.1) is 0 Å². The molecular formula is C14H23N5O. The van der Waals surface area contributed by atoms with Gasteiger partial charge in [0.05, 0.1) is 6.54 Å². The number of hydrogen-bond donors (Lipinski definition) is 3. The number of carbonyl (C=O) groups excluding carboxylic acids is 1. The van der Waals surface area contributed by atoms with Crippen LogP contribution in [-0.2, 0) is 4.79 Å². The fraction of sp³-hybridized carbons (Fsp3) is 0.643. The van der Waals surface area contributed by atoms with E-state index in [2.05, 4.69) is 25.9 Å². The summed E-state index contributed by atoms with van der Waals surface area (Å²) in [6.07, 6.45) is 2.30. The Bertz CT molecular complexity index is 497. The molecule has 6 heteroatoms. The van der Waals surface area contributed by atoms with E-state index in [1.165, 1.54) is 0 Å². The smallest absolute Gasteiger partial charge is 0.239 e. The second kappa shape index (κ2) is 6.07. The third kappa shape index (κ3) is 3.59. The van der Waals surface area contributed by atoms with Gasteiger partial charge in [-0.1, -0.05) is 0 Å². The van der Waals surface area contributed by atoms with Crippen molar-refractivity contribution in [3.8, 4) is 0 Å². The Morgan fingerprint density at radius 2 is 1.95 bits per heavy atom. The number of rotatable bonds is 6. The Hall–Kier alpha value is -1.85. The second-order valence-corrected chi connectivity index (χ2v) is 5.50. The number of nitrogens with zero attached hydrogens (tertiary/aromatic N) is 2. The van der Waals surface area contributed by atoms with Gasteiger partial charge in [0.2, 0.25) is 5.91 Å².